The number of benzene rings is 1. The van der Waals surface area contributed by atoms with Crippen molar-refractivity contribution >= 4 is 33.2 Å². The molecule has 1 aromatic carbocycles. The van der Waals surface area contributed by atoms with Crippen molar-refractivity contribution in [1.82, 2.24) is 19.9 Å². The zero-order valence-electron chi connectivity index (χ0n) is 16.0. The Kier molecular flexibility index (Phi) is 5.90. The number of carbonyl (C=O) groups excluding carboxylic acids is 1. The Morgan fingerprint density at radius 1 is 1.26 bits per heavy atom. The summed E-state index contributed by atoms with van der Waals surface area (Å²) in [5, 5.41) is 11.0. The lowest BCUT2D eigenvalue weighted by molar-refractivity contribution is 0.0619. The molecule has 3 N–H and O–H groups in total. The molecule has 0 spiro atoms. The number of piperidine rings is 3. The van der Waals surface area contributed by atoms with Crippen LogP contribution >= 0.6 is 11.5 Å². The number of hydrogen-bond donors (Lipinski definition) is 3. The fraction of sp³-hybridized carbons (Fsp3) is 0.600. The summed E-state index contributed by atoms with van der Waals surface area (Å²) < 4.78 is 5.52. The van der Waals surface area contributed by atoms with Gasteiger partial charge >= 0.3 is 0 Å². The number of hydrogen-bond acceptors (Lipinski definition) is 6. The van der Waals surface area contributed by atoms with E-state index >= 15 is 0 Å². The maximum absolute atomic E-state index is 12.8. The third-order valence-electron chi connectivity index (χ3n) is 5.72. The van der Waals surface area contributed by atoms with Crippen LogP contribution in [0.25, 0.3) is 10.1 Å². The van der Waals surface area contributed by atoms with Crippen LogP contribution in [0.5, 0.6) is 0 Å². The molecule has 2 aromatic rings. The molecule has 0 saturated carbocycles. The molecule has 6 nitrogen and oxygen atoms in total. The van der Waals surface area contributed by atoms with Crippen LogP contribution in [0.15, 0.2) is 18.2 Å². The number of rotatable bonds is 8. The number of nitrogens with zero attached hydrogens (tertiary/aromatic N) is 2. The van der Waals surface area contributed by atoms with E-state index in [4.69, 9.17) is 0 Å². The second-order valence-electron chi connectivity index (χ2n) is 7.64. The number of anilines is 1. The molecule has 1 aromatic heterocycles. The Balaban J connectivity index is 1.38. The van der Waals surface area contributed by atoms with Crippen LogP contribution in [-0.4, -0.2) is 60.5 Å². The highest BCUT2D eigenvalue weighted by molar-refractivity contribution is 7.13. The molecule has 27 heavy (non-hydrogen) atoms. The van der Waals surface area contributed by atoms with Gasteiger partial charge in [0.2, 0.25) is 0 Å². The first-order chi connectivity index (χ1) is 13.2. The second-order valence-corrected chi connectivity index (χ2v) is 8.44. The largest absolute Gasteiger partial charge is 0.384 e. The summed E-state index contributed by atoms with van der Waals surface area (Å²) in [6.45, 7) is 8.40. The molecule has 0 aliphatic carbocycles. The van der Waals surface area contributed by atoms with Gasteiger partial charge in [-0.3, -0.25) is 4.79 Å². The van der Waals surface area contributed by atoms with Gasteiger partial charge in [0.25, 0.3) is 5.91 Å². The second kappa shape index (κ2) is 8.54. The first-order valence-corrected chi connectivity index (χ1v) is 10.9. The quantitative estimate of drug-likeness (QED) is 0.607. The van der Waals surface area contributed by atoms with Gasteiger partial charge in [-0.15, -0.1) is 0 Å². The van der Waals surface area contributed by atoms with Crippen LogP contribution in [0, 0.1) is 5.92 Å². The molecule has 4 heterocycles. The number of fused-ring (bicyclic) bond motifs is 4. The maximum Gasteiger partial charge on any atom is 0.271 e. The van der Waals surface area contributed by atoms with E-state index in [2.05, 4.69) is 38.2 Å². The van der Waals surface area contributed by atoms with Crippen molar-refractivity contribution < 1.29 is 4.79 Å². The molecular weight excluding hydrogens is 358 g/mol. The van der Waals surface area contributed by atoms with E-state index in [1.807, 2.05) is 12.1 Å². The molecule has 2 bridgehead atoms. The topological polar surface area (TPSA) is 69.3 Å². The van der Waals surface area contributed by atoms with E-state index < -0.39 is 0 Å². The van der Waals surface area contributed by atoms with Gasteiger partial charge in [0, 0.05) is 36.7 Å². The van der Waals surface area contributed by atoms with Gasteiger partial charge in [-0.1, -0.05) is 6.92 Å². The molecule has 1 amide bonds. The summed E-state index contributed by atoms with van der Waals surface area (Å²) in [7, 11) is 0. The highest BCUT2D eigenvalue weighted by Gasteiger charge is 2.35. The van der Waals surface area contributed by atoms with Gasteiger partial charge < -0.3 is 20.9 Å². The van der Waals surface area contributed by atoms with Crippen LogP contribution < -0.4 is 16.0 Å². The van der Waals surface area contributed by atoms with Crippen molar-refractivity contribution in [3.63, 3.8) is 0 Å². The molecule has 146 valence electrons. The summed E-state index contributed by atoms with van der Waals surface area (Å²) in [6.07, 6.45) is 3.55. The average Bonchev–Trinajstić information content (AvgIpc) is 3.12. The lowest BCUT2D eigenvalue weighted by Crippen LogP contribution is -2.57. The lowest BCUT2D eigenvalue weighted by atomic mass is 9.84. The molecule has 5 rings (SSSR count). The minimum atomic E-state index is -0.0236. The molecule has 3 aliphatic rings. The third kappa shape index (κ3) is 4.25. The van der Waals surface area contributed by atoms with Crippen molar-refractivity contribution in [3.8, 4) is 0 Å². The Bertz CT molecular complexity index is 784. The van der Waals surface area contributed by atoms with Gasteiger partial charge in [-0.2, -0.15) is 4.37 Å². The Hall–Kier alpha value is -1.70. The molecule has 1 atom stereocenters. The van der Waals surface area contributed by atoms with E-state index in [-0.39, 0.29) is 11.9 Å². The number of amides is 1. The van der Waals surface area contributed by atoms with Gasteiger partial charge in [0.1, 0.15) is 5.69 Å². The number of carbonyl (C=O) groups is 1. The SMILES string of the molecule is CCCNCCNc1ccc2c(C(=O)N[C@@H]3CN4CCC3CC4)nsc2c1. The molecular formula is C20H29N5OS. The zero-order valence-corrected chi connectivity index (χ0v) is 16.8. The van der Waals surface area contributed by atoms with Crippen LogP contribution in [0.3, 0.4) is 0 Å². The summed E-state index contributed by atoms with van der Waals surface area (Å²) in [5.74, 6) is 0.602. The smallest absolute Gasteiger partial charge is 0.271 e. The summed E-state index contributed by atoms with van der Waals surface area (Å²) in [4.78, 5) is 15.3. The van der Waals surface area contributed by atoms with Crippen LogP contribution in [0.1, 0.15) is 36.7 Å². The van der Waals surface area contributed by atoms with Crippen molar-refractivity contribution in [2.24, 2.45) is 5.92 Å². The van der Waals surface area contributed by atoms with E-state index in [1.54, 1.807) is 0 Å². The van der Waals surface area contributed by atoms with E-state index in [9.17, 15) is 4.79 Å². The van der Waals surface area contributed by atoms with Crippen LogP contribution in [0.2, 0.25) is 0 Å². The Morgan fingerprint density at radius 3 is 2.85 bits per heavy atom. The monoisotopic (exact) mass is 387 g/mol. The normalized spacial score (nSPS) is 24.3. The molecule has 0 radical (unpaired) electrons. The fourth-order valence-corrected chi connectivity index (χ4v) is 4.99. The number of aromatic nitrogens is 1. The Labute approximate surface area is 164 Å². The summed E-state index contributed by atoms with van der Waals surface area (Å²) in [5.41, 5.74) is 1.65. The van der Waals surface area contributed by atoms with E-state index in [0.717, 1.165) is 48.4 Å². The highest BCUT2D eigenvalue weighted by atomic mass is 32.1. The Morgan fingerprint density at radius 2 is 2.11 bits per heavy atom. The third-order valence-corrected chi connectivity index (χ3v) is 6.53. The molecule has 7 heteroatoms. The average molecular weight is 388 g/mol. The summed E-state index contributed by atoms with van der Waals surface area (Å²) >= 11 is 1.40. The highest BCUT2D eigenvalue weighted by Crippen LogP contribution is 2.29. The zero-order chi connectivity index (χ0) is 18.6. The van der Waals surface area contributed by atoms with E-state index in [0.29, 0.717) is 11.6 Å². The minimum Gasteiger partial charge on any atom is -0.384 e. The van der Waals surface area contributed by atoms with Crippen molar-refractivity contribution in [2.75, 3.05) is 44.6 Å². The standard InChI is InChI=1S/C20H29N5OS/c1-2-7-21-8-9-22-15-3-4-16-18(12-15)27-24-19(16)20(26)23-17-13-25-10-5-14(17)6-11-25/h3-4,12,14,17,21-22H,2,5-11,13H2,1H3,(H,23,26)/t17-/m1/s1. The first kappa shape index (κ1) is 18.7. The van der Waals surface area contributed by atoms with Crippen molar-refractivity contribution in [1.29, 1.82) is 0 Å². The predicted molar refractivity (Wildman–Crippen MR) is 112 cm³/mol. The maximum atomic E-state index is 12.8. The van der Waals surface area contributed by atoms with Crippen LogP contribution in [-0.2, 0) is 0 Å². The van der Waals surface area contributed by atoms with Gasteiger partial charge in [0.05, 0.1) is 4.70 Å². The van der Waals surface area contributed by atoms with Crippen LogP contribution in [0.4, 0.5) is 5.69 Å². The first-order valence-electron chi connectivity index (χ1n) is 10.1. The molecule has 3 saturated heterocycles. The summed E-state index contributed by atoms with van der Waals surface area (Å²) in [6, 6.07) is 6.43. The van der Waals surface area contributed by atoms with Gasteiger partial charge in [-0.25, -0.2) is 0 Å². The van der Waals surface area contributed by atoms with Crippen molar-refractivity contribution in [3.05, 3.63) is 23.9 Å². The molecule has 3 aliphatic heterocycles. The predicted octanol–water partition coefficient (Wildman–Crippen LogP) is 2.53. The number of nitrogens with one attached hydrogen (secondary N) is 3. The van der Waals surface area contributed by atoms with Gasteiger partial charge in [-0.05, 0) is 74.5 Å². The molecule has 3 fully saturated rings. The van der Waals surface area contributed by atoms with Gasteiger partial charge in [0.15, 0.2) is 0 Å². The molecule has 0 unspecified atom stereocenters. The lowest BCUT2D eigenvalue weighted by Gasteiger charge is -2.44. The van der Waals surface area contributed by atoms with E-state index in [1.165, 1.54) is 37.5 Å². The van der Waals surface area contributed by atoms with Crippen molar-refractivity contribution in [2.45, 2.75) is 32.2 Å². The minimum absolute atomic E-state index is 0.0236. The fourth-order valence-electron chi connectivity index (χ4n) is 4.17.